The van der Waals surface area contributed by atoms with Crippen molar-refractivity contribution in [1.29, 1.82) is 0 Å². The van der Waals surface area contributed by atoms with Gasteiger partial charge >= 0.3 is 0 Å². The van der Waals surface area contributed by atoms with Crippen molar-refractivity contribution in [3.8, 4) is 5.75 Å². The number of halogens is 2. The van der Waals surface area contributed by atoms with Crippen molar-refractivity contribution >= 4 is 96.5 Å². The maximum atomic E-state index is 13.0. The highest BCUT2D eigenvalue weighted by atomic mass is 127. The van der Waals surface area contributed by atoms with Crippen LogP contribution in [0.25, 0.3) is 16.8 Å². The van der Waals surface area contributed by atoms with Crippen LogP contribution in [-0.2, 0) is 16.2 Å². The van der Waals surface area contributed by atoms with Crippen LogP contribution in [0.2, 0.25) is 0 Å². The van der Waals surface area contributed by atoms with E-state index in [-0.39, 0.29) is 11.4 Å². The molecule has 5 rings (SSSR count). The normalized spacial score (nSPS) is 14.4. The molecule has 0 aromatic heterocycles. The third-order valence-electron chi connectivity index (χ3n) is 5.78. The van der Waals surface area contributed by atoms with Gasteiger partial charge in [-0.05, 0) is 97.7 Å². The minimum Gasteiger partial charge on any atom is -0.487 e. The van der Waals surface area contributed by atoms with E-state index in [2.05, 4.69) is 50.5 Å². The highest BCUT2D eigenvalue weighted by Crippen LogP contribution is 2.35. The molecule has 0 unspecified atom stereocenters. The Hall–Kier alpha value is -2.90. The van der Waals surface area contributed by atoms with Crippen molar-refractivity contribution in [3.63, 3.8) is 0 Å². The molecular weight excluding hydrogens is 726 g/mol. The molecule has 1 aliphatic rings. The number of rotatable bonds is 7. The van der Waals surface area contributed by atoms with Crippen LogP contribution < -0.4 is 10.1 Å². The Labute approximate surface area is 251 Å². The molecule has 1 fully saturated rings. The van der Waals surface area contributed by atoms with Gasteiger partial charge in [0.15, 0.2) is 0 Å². The van der Waals surface area contributed by atoms with Crippen LogP contribution >= 0.6 is 56.9 Å². The molecule has 9 heteroatoms. The second kappa shape index (κ2) is 11.9. The van der Waals surface area contributed by atoms with Gasteiger partial charge in [-0.15, -0.1) is 0 Å². The molecule has 0 radical (unpaired) electrons. The predicted molar refractivity (Wildman–Crippen MR) is 168 cm³/mol. The maximum absolute atomic E-state index is 13.0. The summed E-state index contributed by atoms with van der Waals surface area (Å²) in [6.45, 7) is 0.0957. The topological polar surface area (TPSA) is 75.7 Å². The first-order valence-electron chi connectivity index (χ1n) is 11.6. The van der Waals surface area contributed by atoms with Crippen molar-refractivity contribution in [1.82, 2.24) is 4.90 Å². The molecule has 190 valence electrons. The van der Waals surface area contributed by atoms with Crippen LogP contribution in [0.5, 0.6) is 5.75 Å². The highest BCUT2D eigenvalue weighted by molar-refractivity contribution is 14.1. The smallest absolute Gasteiger partial charge is 0.294 e. The first-order valence-corrected chi connectivity index (χ1v) is 14.6. The monoisotopic (exact) mass is 746 g/mol. The standard InChI is InChI=1S/C29H20I2N2O4S/c30-22-13-19(14-23(31)27(22)37-17-18-7-2-1-3-8-18)15-25-28(35)33(29(36)38-25)16-26(34)32-24-12-6-10-20-9-4-5-11-21(20)24/h1-15H,16-17H2,(H,32,34)/b25-15+. The third kappa shape index (κ3) is 6.05. The van der Waals surface area contributed by atoms with E-state index in [4.69, 9.17) is 4.74 Å². The van der Waals surface area contributed by atoms with Crippen LogP contribution in [0.4, 0.5) is 10.5 Å². The molecule has 4 aromatic carbocycles. The van der Waals surface area contributed by atoms with Gasteiger partial charge in [-0.3, -0.25) is 19.3 Å². The van der Waals surface area contributed by atoms with E-state index in [9.17, 15) is 14.4 Å². The van der Waals surface area contributed by atoms with E-state index in [1.165, 1.54) is 0 Å². The molecule has 0 atom stereocenters. The minimum absolute atomic E-state index is 0.275. The molecule has 0 aliphatic carbocycles. The summed E-state index contributed by atoms with van der Waals surface area (Å²) < 4.78 is 7.83. The lowest BCUT2D eigenvalue weighted by molar-refractivity contribution is -0.127. The van der Waals surface area contributed by atoms with Gasteiger partial charge in [0.2, 0.25) is 5.91 Å². The molecule has 4 aromatic rings. The molecule has 38 heavy (non-hydrogen) atoms. The summed E-state index contributed by atoms with van der Waals surface area (Å²) in [5.41, 5.74) is 2.48. The van der Waals surface area contributed by atoms with Crippen LogP contribution in [0, 0.1) is 7.14 Å². The summed E-state index contributed by atoms with van der Waals surface area (Å²) in [7, 11) is 0. The zero-order chi connectivity index (χ0) is 26.6. The molecule has 6 nitrogen and oxygen atoms in total. The van der Waals surface area contributed by atoms with Crippen molar-refractivity contribution in [2.24, 2.45) is 0 Å². The fourth-order valence-electron chi connectivity index (χ4n) is 3.99. The van der Waals surface area contributed by atoms with Gasteiger partial charge < -0.3 is 10.1 Å². The summed E-state index contributed by atoms with van der Waals surface area (Å²) in [5.74, 6) is -0.151. The molecule has 1 aliphatic heterocycles. The summed E-state index contributed by atoms with van der Waals surface area (Å²) >= 11 is 5.24. The number of nitrogens with one attached hydrogen (secondary N) is 1. The molecule has 1 heterocycles. The lowest BCUT2D eigenvalue weighted by Crippen LogP contribution is -2.36. The number of carbonyl (C=O) groups is 3. The number of imide groups is 1. The number of amides is 3. The van der Waals surface area contributed by atoms with E-state index < -0.39 is 17.1 Å². The van der Waals surface area contributed by atoms with E-state index in [1.54, 1.807) is 12.1 Å². The van der Waals surface area contributed by atoms with Crippen molar-refractivity contribution in [3.05, 3.63) is 108 Å². The summed E-state index contributed by atoms with van der Waals surface area (Å²) in [6, 6.07) is 27.0. The fourth-order valence-corrected chi connectivity index (χ4v) is 6.95. The van der Waals surface area contributed by atoms with E-state index >= 15 is 0 Å². The van der Waals surface area contributed by atoms with Gasteiger partial charge in [0.25, 0.3) is 11.1 Å². The Morgan fingerprint density at radius 2 is 1.61 bits per heavy atom. The molecule has 1 N–H and O–H groups in total. The molecule has 0 bridgehead atoms. The lowest BCUT2D eigenvalue weighted by Gasteiger charge is -2.14. The minimum atomic E-state index is -0.484. The second-order valence-corrected chi connectivity index (χ2v) is 11.7. The Morgan fingerprint density at radius 3 is 2.37 bits per heavy atom. The van der Waals surface area contributed by atoms with E-state index in [0.29, 0.717) is 12.3 Å². The van der Waals surface area contributed by atoms with Gasteiger partial charge in [-0.25, -0.2) is 0 Å². The first-order chi connectivity index (χ1) is 18.4. The molecule has 1 saturated heterocycles. The van der Waals surface area contributed by atoms with E-state index in [1.807, 2.05) is 78.9 Å². The highest BCUT2D eigenvalue weighted by Gasteiger charge is 2.36. The van der Waals surface area contributed by atoms with Gasteiger partial charge in [0, 0.05) is 11.1 Å². The average Bonchev–Trinajstić information content (AvgIpc) is 3.16. The number of nitrogens with zero attached hydrogens (tertiary/aromatic N) is 1. The quantitative estimate of drug-likeness (QED) is 0.159. The van der Waals surface area contributed by atoms with E-state index in [0.717, 1.165) is 51.5 Å². The number of carbonyl (C=O) groups excluding carboxylic acids is 3. The number of anilines is 1. The maximum Gasteiger partial charge on any atom is 0.294 e. The Balaban J connectivity index is 1.27. The van der Waals surface area contributed by atoms with Gasteiger partial charge in [-0.2, -0.15) is 0 Å². The van der Waals surface area contributed by atoms with Crippen LogP contribution in [-0.4, -0.2) is 28.5 Å². The van der Waals surface area contributed by atoms with Gasteiger partial charge in [-0.1, -0.05) is 66.7 Å². The number of thioether (sulfide) groups is 1. The zero-order valence-electron chi connectivity index (χ0n) is 19.8. The van der Waals surface area contributed by atoms with Crippen molar-refractivity contribution in [2.45, 2.75) is 6.61 Å². The predicted octanol–water partition coefficient (Wildman–Crippen LogP) is 7.30. The fraction of sp³-hybridized carbons (Fsp3) is 0.0690. The van der Waals surface area contributed by atoms with Crippen LogP contribution in [0.1, 0.15) is 11.1 Å². The van der Waals surface area contributed by atoms with Crippen LogP contribution in [0.3, 0.4) is 0 Å². The number of hydrogen-bond donors (Lipinski definition) is 1. The first kappa shape index (κ1) is 26.7. The van der Waals surface area contributed by atoms with Crippen molar-refractivity contribution in [2.75, 3.05) is 11.9 Å². The van der Waals surface area contributed by atoms with Crippen molar-refractivity contribution < 1.29 is 19.1 Å². The molecule has 0 spiro atoms. The second-order valence-electron chi connectivity index (χ2n) is 8.43. The summed E-state index contributed by atoms with van der Waals surface area (Å²) in [5, 5.41) is 4.23. The SMILES string of the molecule is O=C(CN1C(=O)S/C(=C/c2cc(I)c(OCc3ccccc3)c(I)c2)C1=O)Nc1cccc2ccccc12. The molecule has 3 amide bonds. The molecule has 0 saturated carbocycles. The number of ether oxygens (including phenoxy) is 1. The Bertz CT molecular complexity index is 1560. The average molecular weight is 746 g/mol. The zero-order valence-corrected chi connectivity index (χ0v) is 25.0. The number of hydrogen-bond acceptors (Lipinski definition) is 5. The summed E-state index contributed by atoms with van der Waals surface area (Å²) in [6.07, 6.45) is 1.68. The lowest BCUT2D eigenvalue weighted by atomic mass is 10.1. The van der Waals surface area contributed by atoms with Gasteiger partial charge in [0.1, 0.15) is 18.9 Å². The number of benzene rings is 4. The number of fused-ring (bicyclic) bond motifs is 1. The van der Waals surface area contributed by atoms with Crippen LogP contribution in [0.15, 0.2) is 89.8 Å². The molecular formula is C29H20I2N2O4S. The van der Waals surface area contributed by atoms with Gasteiger partial charge in [0.05, 0.1) is 12.0 Å². The largest absolute Gasteiger partial charge is 0.487 e. The third-order valence-corrected chi connectivity index (χ3v) is 8.29. The Morgan fingerprint density at radius 1 is 0.921 bits per heavy atom. The Kier molecular flexibility index (Phi) is 8.34. The summed E-state index contributed by atoms with van der Waals surface area (Å²) in [4.78, 5) is 39.7.